The van der Waals surface area contributed by atoms with Crippen molar-refractivity contribution in [1.29, 1.82) is 5.26 Å². The summed E-state index contributed by atoms with van der Waals surface area (Å²) >= 11 is 0. The van der Waals surface area contributed by atoms with Crippen LogP contribution in [0.1, 0.15) is 19.4 Å². The fourth-order valence-electron chi connectivity index (χ4n) is 0.980. The van der Waals surface area contributed by atoms with Crippen LogP contribution < -0.4 is 0 Å². The SMILES string of the molecule is CC(C)(Cn1cc(C#N)cn1)C(=O)O. The third-order valence-corrected chi connectivity index (χ3v) is 1.90. The summed E-state index contributed by atoms with van der Waals surface area (Å²) in [6.07, 6.45) is 2.95. The molecule has 1 aromatic heterocycles. The molecule has 0 spiro atoms. The van der Waals surface area contributed by atoms with Gasteiger partial charge in [0.2, 0.25) is 0 Å². The molecule has 1 heterocycles. The molecular weight excluding hydrogens is 182 g/mol. The van der Waals surface area contributed by atoms with Crippen LogP contribution in [0.25, 0.3) is 0 Å². The van der Waals surface area contributed by atoms with E-state index in [9.17, 15) is 4.79 Å². The number of rotatable bonds is 3. The summed E-state index contributed by atoms with van der Waals surface area (Å²) in [7, 11) is 0. The Kier molecular flexibility index (Phi) is 2.56. The van der Waals surface area contributed by atoms with Crippen molar-refractivity contribution in [1.82, 2.24) is 9.78 Å². The molecule has 0 radical (unpaired) electrons. The van der Waals surface area contributed by atoms with Crippen LogP contribution in [0.4, 0.5) is 0 Å². The van der Waals surface area contributed by atoms with Crippen molar-refractivity contribution in [3.63, 3.8) is 0 Å². The standard InChI is InChI=1S/C9H11N3O2/c1-9(2,8(13)14)6-12-5-7(3-10)4-11-12/h4-5H,6H2,1-2H3,(H,13,14). The number of aliphatic carboxylic acids is 1. The number of nitrogens with zero attached hydrogens (tertiary/aromatic N) is 3. The summed E-state index contributed by atoms with van der Waals surface area (Å²) in [6, 6.07) is 1.93. The first-order valence-corrected chi connectivity index (χ1v) is 4.11. The van der Waals surface area contributed by atoms with Gasteiger partial charge in [-0.3, -0.25) is 9.48 Å². The van der Waals surface area contributed by atoms with Crippen molar-refractivity contribution < 1.29 is 9.90 Å². The molecule has 0 unspecified atom stereocenters. The molecule has 0 amide bonds. The van der Waals surface area contributed by atoms with Gasteiger partial charge >= 0.3 is 5.97 Å². The molecule has 1 rings (SSSR count). The first-order chi connectivity index (χ1) is 6.45. The molecule has 14 heavy (non-hydrogen) atoms. The van der Waals surface area contributed by atoms with Crippen LogP contribution in [-0.2, 0) is 11.3 Å². The molecule has 0 aliphatic rings. The van der Waals surface area contributed by atoms with Crippen LogP contribution in [-0.4, -0.2) is 20.9 Å². The molecule has 0 saturated heterocycles. The Hall–Kier alpha value is -1.83. The van der Waals surface area contributed by atoms with Gasteiger partial charge in [-0.25, -0.2) is 0 Å². The lowest BCUT2D eigenvalue weighted by Crippen LogP contribution is -2.29. The van der Waals surface area contributed by atoms with E-state index in [1.54, 1.807) is 13.8 Å². The Morgan fingerprint density at radius 3 is 2.86 bits per heavy atom. The van der Waals surface area contributed by atoms with Gasteiger partial charge in [0.1, 0.15) is 6.07 Å². The molecule has 0 atom stereocenters. The summed E-state index contributed by atoms with van der Waals surface area (Å²) in [4.78, 5) is 10.8. The minimum atomic E-state index is -0.883. The molecule has 1 aromatic rings. The normalized spacial score (nSPS) is 10.9. The molecular formula is C9H11N3O2. The summed E-state index contributed by atoms with van der Waals surface area (Å²) in [5, 5.41) is 21.3. The largest absolute Gasteiger partial charge is 0.481 e. The van der Waals surface area contributed by atoms with Crippen LogP contribution in [0.2, 0.25) is 0 Å². The number of hydrogen-bond donors (Lipinski definition) is 1. The number of nitriles is 1. The minimum absolute atomic E-state index is 0.254. The van der Waals surface area contributed by atoms with Gasteiger partial charge in [0.05, 0.1) is 23.7 Å². The van der Waals surface area contributed by atoms with Gasteiger partial charge in [-0.05, 0) is 13.8 Å². The third kappa shape index (κ3) is 2.10. The summed E-state index contributed by atoms with van der Waals surface area (Å²) in [5.74, 6) is -0.883. The van der Waals surface area contributed by atoms with Crippen molar-refractivity contribution in [2.24, 2.45) is 5.41 Å². The highest BCUT2D eigenvalue weighted by atomic mass is 16.4. The van der Waals surface area contributed by atoms with Crippen molar-refractivity contribution in [2.45, 2.75) is 20.4 Å². The van der Waals surface area contributed by atoms with Gasteiger partial charge in [-0.2, -0.15) is 10.4 Å². The van der Waals surface area contributed by atoms with E-state index in [0.29, 0.717) is 5.56 Å². The van der Waals surface area contributed by atoms with Gasteiger partial charge in [-0.15, -0.1) is 0 Å². The fraction of sp³-hybridized carbons (Fsp3) is 0.444. The maximum atomic E-state index is 10.8. The predicted molar refractivity (Wildman–Crippen MR) is 48.4 cm³/mol. The van der Waals surface area contributed by atoms with Crippen LogP contribution in [0.5, 0.6) is 0 Å². The summed E-state index contributed by atoms with van der Waals surface area (Å²) in [5.41, 5.74) is -0.440. The Morgan fingerprint density at radius 1 is 1.79 bits per heavy atom. The molecule has 0 bridgehead atoms. The smallest absolute Gasteiger partial charge is 0.310 e. The van der Waals surface area contributed by atoms with Gasteiger partial charge < -0.3 is 5.11 Å². The number of carboxylic acids is 1. The van der Waals surface area contributed by atoms with Gasteiger partial charge in [0.25, 0.3) is 0 Å². The van der Waals surface area contributed by atoms with Gasteiger partial charge in [-0.1, -0.05) is 0 Å². The molecule has 0 aliphatic carbocycles. The minimum Gasteiger partial charge on any atom is -0.481 e. The van der Waals surface area contributed by atoms with E-state index >= 15 is 0 Å². The van der Waals surface area contributed by atoms with E-state index in [1.165, 1.54) is 17.1 Å². The highest BCUT2D eigenvalue weighted by Crippen LogP contribution is 2.17. The monoisotopic (exact) mass is 193 g/mol. The highest BCUT2D eigenvalue weighted by molar-refractivity contribution is 5.73. The lowest BCUT2D eigenvalue weighted by atomic mass is 9.94. The van der Waals surface area contributed by atoms with Gasteiger partial charge in [0.15, 0.2) is 0 Å². The van der Waals surface area contributed by atoms with E-state index < -0.39 is 11.4 Å². The molecule has 1 N–H and O–H groups in total. The second kappa shape index (κ2) is 3.50. The fourth-order valence-corrected chi connectivity index (χ4v) is 0.980. The number of hydrogen-bond acceptors (Lipinski definition) is 3. The van der Waals surface area contributed by atoms with Crippen molar-refractivity contribution in [3.05, 3.63) is 18.0 Å². The molecule has 74 valence electrons. The zero-order valence-electron chi connectivity index (χ0n) is 8.06. The van der Waals surface area contributed by atoms with E-state index in [-0.39, 0.29) is 6.54 Å². The second-order valence-corrected chi connectivity index (χ2v) is 3.73. The van der Waals surface area contributed by atoms with E-state index in [1.807, 2.05) is 6.07 Å². The summed E-state index contributed by atoms with van der Waals surface area (Å²) in [6.45, 7) is 3.48. The molecule has 0 saturated carbocycles. The van der Waals surface area contributed by atoms with E-state index in [0.717, 1.165) is 0 Å². The van der Waals surface area contributed by atoms with E-state index in [4.69, 9.17) is 10.4 Å². The highest BCUT2D eigenvalue weighted by Gasteiger charge is 2.27. The topological polar surface area (TPSA) is 78.9 Å². The van der Waals surface area contributed by atoms with Gasteiger partial charge in [0, 0.05) is 6.20 Å². The quantitative estimate of drug-likeness (QED) is 0.772. The van der Waals surface area contributed by atoms with Crippen LogP contribution in [0.15, 0.2) is 12.4 Å². The molecule has 0 aromatic carbocycles. The average molecular weight is 193 g/mol. The third-order valence-electron chi connectivity index (χ3n) is 1.90. The number of carbonyl (C=O) groups is 1. The maximum absolute atomic E-state index is 10.8. The zero-order chi connectivity index (χ0) is 10.8. The van der Waals surface area contributed by atoms with Crippen LogP contribution >= 0.6 is 0 Å². The molecule has 0 aliphatic heterocycles. The van der Waals surface area contributed by atoms with Crippen LogP contribution in [0, 0.1) is 16.7 Å². The first-order valence-electron chi connectivity index (χ1n) is 4.11. The Morgan fingerprint density at radius 2 is 2.43 bits per heavy atom. The Bertz CT molecular complexity index is 387. The zero-order valence-corrected chi connectivity index (χ0v) is 8.06. The number of aromatic nitrogens is 2. The lowest BCUT2D eigenvalue weighted by Gasteiger charge is -2.18. The van der Waals surface area contributed by atoms with Crippen molar-refractivity contribution >= 4 is 5.97 Å². The molecule has 5 heteroatoms. The Balaban J connectivity index is 2.79. The van der Waals surface area contributed by atoms with Crippen LogP contribution in [0.3, 0.4) is 0 Å². The Labute approximate surface area is 81.6 Å². The maximum Gasteiger partial charge on any atom is 0.310 e. The molecule has 0 fully saturated rings. The average Bonchev–Trinajstić information content (AvgIpc) is 2.51. The number of carboxylic acid groups (broad SMARTS) is 1. The molecule has 5 nitrogen and oxygen atoms in total. The predicted octanol–water partition coefficient (Wildman–Crippen LogP) is 0.866. The van der Waals surface area contributed by atoms with E-state index in [2.05, 4.69) is 5.10 Å². The second-order valence-electron chi connectivity index (χ2n) is 3.73. The van der Waals surface area contributed by atoms with Crippen molar-refractivity contribution in [3.8, 4) is 6.07 Å². The van der Waals surface area contributed by atoms with Crippen molar-refractivity contribution in [2.75, 3.05) is 0 Å². The summed E-state index contributed by atoms with van der Waals surface area (Å²) < 4.78 is 1.46. The lowest BCUT2D eigenvalue weighted by molar-refractivity contribution is -0.147. The first kappa shape index (κ1) is 10.3.